The van der Waals surface area contributed by atoms with E-state index in [0.29, 0.717) is 0 Å². The fourth-order valence-electron chi connectivity index (χ4n) is 1.37. The molecule has 1 N–H and O–H groups in total. The van der Waals surface area contributed by atoms with Crippen LogP contribution in [0.15, 0.2) is 35.9 Å². The van der Waals surface area contributed by atoms with Crippen LogP contribution in [0.4, 0.5) is 5.69 Å². The lowest BCUT2D eigenvalue weighted by Gasteiger charge is -2.12. The van der Waals surface area contributed by atoms with Gasteiger partial charge in [0.15, 0.2) is 0 Å². The highest BCUT2D eigenvalue weighted by atomic mass is 35.5. The van der Waals surface area contributed by atoms with E-state index in [1.165, 1.54) is 5.57 Å². The predicted molar refractivity (Wildman–Crippen MR) is 68.6 cm³/mol. The molecule has 1 atom stereocenters. The van der Waals surface area contributed by atoms with E-state index < -0.39 is 0 Å². The molecule has 82 valence electrons. The van der Waals surface area contributed by atoms with Gasteiger partial charge in [-0.3, -0.25) is 0 Å². The van der Waals surface area contributed by atoms with Crippen molar-refractivity contribution in [3.05, 3.63) is 41.5 Å². The average molecular weight is 224 g/mol. The van der Waals surface area contributed by atoms with Crippen LogP contribution < -0.4 is 5.32 Å². The second-order valence-corrected chi connectivity index (χ2v) is 4.52. The number of benzene rings is 1. The minimum atomic E-state index is 0.0420. The van der Waals surface area contributed by atoms with Crippen LogP contribution in [0.1, 0.15) is 31.7 Å². The van der Waals surface area contributed by atoms with Crippen molar-refractivity contribution in [3.63, 3.8) is 0 Å². The van der Waals surface area contributed by atoms with E-state index in [-0.39, 0.29) is 5.38 Å². The molecule has 1 aromatic rings. The number of hydrogen-bond acceptors (Lipinski definition) is 1. The summed E-state index contributed by atoms with van der Waals surface area (Å²) in [5.74, 6) is 0. The Bertz CT molecular complexity index is 338. The molecule has 0 aliphatic rings. The Kier molecular flexibility index (Phi) is 4.70. The number of alkyl halides is 1. The van der Waals surface area contributed by atoms with Crippen molar-refractivity contribution in [3.8, 4) is 0 Å². The molecular formula is C13H18ClN. The molecule has 0 saturated carbocycles. The molecule has 0 aromatic heterocycles. The summed E-state index contributed by atoms with van der Waals surface area (Å²) < 4.78 is 0. The second kappa shape index (κ2) is 5.82. The minimum Gasteiger partial charge on any atom is -0.381 e. The fraction of sp³-hybridized carbons (Fsp3) is 0.385. The molecule has 15 heavy (non-hydrogen) atoms. The molecule has 0 fully saturated rings. The molecule has 0 radical (unpaired) electrons. The summed E-state index contributed by atoms with van der Waals surface area (Å²) in [6.07, 6.45) is 2.16. The average Bonchev–Trinajstić information content (AvgIpc) is 2.17. The van der Waals surface area contributed by atoms with E-state index >= 15 is 0 Å². The lowest BCUT2D eigenvalue weighted by Crippen LogP contribution is -2.02. The highest BCUT2D eigenvalue weighted by Crippen LogP contribution is 2.26. The van der Waals surface area contributed by atoms with Crippen LogP contribution in [0.3, 0.4) is 0 Å². The summed E-state index contributed by atoms with van der Waals surface area (Å²) in [6.45, 7) is 7.03. The topological polar surface area (TPSA) is 12.0 Å². The summed E-state index contributed by atoms with van der Waals surface area (Å²) in [7, 11) is 0. The number of anilines is 1. The van der Waals surface area contributed by atoms with Gasteiger partial charge in [-0.1, -0.05) is 29.8 Å². The van der Waals surface area contributed by atoms with Crippen molar-refractivity contribution >= 4 is 17.3 Å². The van der Waals surface area contributed by atoms with Crippen molar-refractivity contribution in [2.24, 2.45) is 0 Å². The molecule has 1 nitrogen and oxygen atoms in total. The Morgan fingerprint density at radius 2 is 2.07 bits per heavy atom. The summed E-state index contributed by atoms with van der Waals surface area (Å²) >= 11 is 6.09. The smallest absolute Gasteiger partial charge is 0.0577 e. The zero-order valence-electron chi connectivity index (χ0n) is 9.55. The van der Waals surface area contributed by atoms with Gasteiger partial charge >= 0.3 is 0 Å². The van der Waals surface area contributed by atoms with Crippen molar-refractivity contribution in [1.29, 1.82) is 0 Å². The van der Waals surface area contributed by atoms with E-state index in [9.17, 15) is 0 Å². The van der Waals surface area contributed by atoms with Crippen LogP contribution in [0.25, 0.3) is 0 Å². The first-order valence-electron chi connectivity index (χ1n) is 5.21. The molecule has 0 saturated heterocycles. The Balaban J connectivity index is 2.72. The third kappa shape index (κ3) is 3.96. The molecule has 1 aromatic carbocycles. The molecule has 0 aliphatic carbocycles. The zero-order chi connectivity index (χ0) is 11.3. The SMILES string of the molecule is CC(C)=CCNc1ccccc1C(C)Cl. The maximum absolute atomic E-state index is 6.09. The van der Waals surface area contributed by atoms with Crippen molar-refractivity contribution in [2.75, 3.05) is 11.9 Å². The lowest BCUT2D eigenvalue weighted by molar-refractivity contribution is 1.08. The number of para-hydroxylation sites is 1. The predicted octanol–water partition coefficient (Wildman–Crippen LogP) is 4.36. The zero-order valence-corrected chi connectivity index (χ0v) is 10.3. The summed E-state index contributed by atoms with van der Waals surface area (Å²) in [5.41, 5.74) is 3.60. The molecule has 1 unspecified atom stereocenters. The van der Waals surface area contributed by atoms with Gasteiger partial charge in [-0.05, 0) is 32.4 Å². The Hall–Kier alpha value is -0.950. The van der Waals surface area contributed by atoms with E-state index in [1.807, 2.05) is 19.1 Å². The summed E-state index contributed by atoms with van der Waals surface area (Å²) in [6, 6.07) is 8.16. The molecule has 2 heteroatoms. The Labute approximate surface area is 97.1 Å². The van der Waals surface area contributed by atoms with Gasteiger partial charge in [-0.15, -0.1) is 11.6 Å². The number of allylic oxidation sites excluding steroid dienone is 1. The van der Waals surface area contributed by atoms with Crippen LogP contribution in [0.2, 0.25) is 0 Å². The van der Waals surface area contributed by atoms with Gasteiger partial charge in [0, 0.05) is 12.2 Å². The number of halogens is 1. The van der Waals surface area contributed by atoms with Crippen molar-refractivity contribution < 1.29 is 0 Å². The van der Waals surface area contributed by atoms with Gasteiger partial charge in [-0.2, -0.15) is 0 Å². The molecular weight excluding hydrogens is 206 g/mol. The summed E-state index contributed by atoms with van der Waals surface area (Å²) in [4.78, 5) is 0. The van der Waals surface area contributed by atoms with E-state index in [4.69, 9.17) is 11.6 Å². The van der Waals surface area contributed by atoms with E-state index in [2.05, 4.69) is 37.4 Å². The first-order chi connectivity index (χ1) is 7.11. The first-order valence-corrected chi connectivity index (χ1v) is 5.65. The van der Waals surface area contributed by atoms with Gasteiger partial charge in [0.25, 0.3) is 0 Å². The van der Waals surface area contributed by atoms with Crippen LogP contribution in [0.5, 0.6) is 0 Å². The highest BCUT2D eigenvalue weighted by Gasteiger charge is 2.05. The van der Waals surface area contributed by atoms with Crippen LogP contribution in [-0.4, -0.2) is 6.54 Å². The maximum Gasteiger partial charge on any atom is 0.0577 e. The highest BCUT2D eigenvalue weighted by molar-refractivity contribution is 6.21. The van der Waals surface area contributed by atoms with Crippen molar-refractivity contribution in [1.82, 2.24) is 0 Å². The summed E-state index contributed by atoms with van der Waals surface area (Å²) in [5, 5.41) is 3.41. The third-order valence-electron chi connectivity index (χ3n) is 2.19. The molecule has 0 aliphatic heterocycles. The van der Waals surface area contributed by atoms with Crippen LogP contribution >= 0.6 is 11.6 Å². The van der Waals surface area contributed by atoms with Gasteiger partial charge in [0.05, 0.1) is 5.38 Å². The van der Waals surface area contributed by atoms with Gasteiger partial charge in [0.1, 0.15) is 0 Å². The largest absolute Gasteiger partial charge is 0.381 e. The molecule has 0 spiro atoms. The number of rotatable bonds is 4. The second-order valence-electron chi connectivity index (χ2n) is 3.87. The van der Waals surface area contributed by atoms with E-state index in [1.54, 1.807) is 0 Å². The fourth-order valence-corrected chi connectivity index (χ4v) is 1.56. The first kappa shape index (κ1) is 12.1. The number of nitrogens with one attached hydrogen (secondary N) is 1. The quantitative estimate of drug-likeness (QED) is 0.591. The Morgan fingerprint density at radius 1 is 1.40 bits per heavy atom. The lowest BCUT2D eigenvalue weighted by atomic mass is 10.1. The van der Waals surface area contributed by atoms with Crippen molar-refractivity contribution in [2.45, 2.75) is 26.1 Å². The van der Waals surface area contributed by atoms with Gasteiger partial charge in [-0.25, -0.2) is 0 Å². The molecule has 1 rings (SSSR count). The standard InChI is InChI=1S/C13H18ClN/c1-10(2)8-9-15-13-7-5-4-6-12(13)11(3)14/h4-8,11,15H,9H2,1-3H3. The molecule has 0 amide bonds. The minimum absolute atomic E-state index is 0.0420. The van der Waals surface area contributed by atoms with Crippen LogP contribution in [-0.2, 0) is 0 Å². The van der Waals surface area contributed by atoms with Gasteiger partial charge < -0.3 is 5.32 Å². The van der Waals surface area contributed by atoms with Crippen LogP contribution in [0, 0.1) is 0 Å². The molecule has 0 bridgehead atoms. The molecule has 0 heterocycles. The Morgan fingerprint density at radius 3 is 2.67 bits per heavy atom. The third-order valence-corrected chi connectivity index (χ3v) is 2.43. The monoisotopic (exact) mass is 223 g/mol. The van der Waals surface area contributed by atoms with Gasteiger partial charge in [0.2, 0.25) is 0 Å². The normalized spacial score (nSPS) is 12.0. The maximum atomic E-state index is 6.09. The van der Waals surface area contributed by atoms with E-state index in [0.717, 1.165) is 17.8 Å². The number of hydrogen-bond donors (Lipinski definition) is 1.